The molecule has 1 N–H and O–H groups in total. The first-order chi connectivity index (χ1) is 12.3. The third-order valence-corrected chi connectivity index (χ3v) is 8.73. The molecule has 26 heavy (non-hydrogen) atoms. The van der Waals surface area contributed by atoms with Crippen LogP contribution in [-0.4, -0.2) is 17.3 Å². The molecule has 0 saturated heterocycles. The molecular weight excluding hydrogens is 322 g/mol. The molecular formula is C23H33NO2. The minimum atomic E-state index is -1.13. The van der Waals surface area contributed by atoms with Crippen LogP contribution in [-0.2, 0) is 4.74 Å². The number of nitrogens with zero attached hydrogens (tertiary/aromatic N) is 1. The molecule has 4 rings (SSSR count). The van der Waals surface area contributed by atoms with E-state index in [4.69, 9.17) is 4.74 Å². The first kappa shape index (κ1) is 18.1. The van der Waals surface area contributed by atoms with Crippen molar-refractivity contribution in [3.63, 3.8) is 0 Å². The molecule has 4 aliphatic carbocycles. The summed E-state index contributed by atoms with van der Waals surface area (Å²) in [4.78, 5) is 0. The zero-order valence-corrected chi connectivity index (χ0v) is 16.8. The molecule has 142 valence electrons. The molecule has 3 heteroatoms. The van der Waals surface area contributed by atoms with Crippen molar-refractivity contribution in [2.24, 2.45) is 28.6 Å². The minimum Gasteiger partial charge on any atom is -0.498 e. The molecule has 0 bridgehead atoms. The summed E-state index contributed by atoms with van der Waals surface area (Å²) in [5.41, 5.74) is 1.88. The second-order valence-corrected chi connectivity index (χ2v) is 9.70. The summed E-state index contributed by atoms with van der Waals surface area (Å²) in [5.74, 6) is 2.89. The fourth-order valence-corrected chi connectivity index (χ4v) is 7.24. The molecule has 0 amide bonds. The summed E-state index contributed by atoms with van der Waals surface area (Å²) in [5, 5.41) is 20.7. The van der Waals surface area contributed by atoms with E-state index in [1.165, 1.54) is 17.6 Å². The molecule has 2 unspecified atom stereocenters. The lowest BCUT2D eigenvalue weighted by atomic mass is 9.46. The Balaban J connectivity index is 1.72. The molecule has 0 aromatic rings. The number of allylic oxidation sites excluding steroid dienone is 4. The van der Waals surface area contributed by atoms with Gasteiger partial charge in [0.2, 0.25) is 0 Å². The number of fused-ring (bicyclic) bond motifs is 5. The van der Waals surface area contributed by atoms with Crippen LogP contribution in [0.25, 0.3) is 0 Å². The highest BCUT2D eigenvalue weighted by Gasteiger charge is 2.64. The van der Waals surface area contributed by atoms with E-state index in [2.05, 4.69) is 39.8 Å². The molecule has 4 aliphatic rings. The molecule has 0 aromatic heterocycles. The van der Waals surface area contributed by atoms with Crippen LogP contribution in [0.2, 0.25) is 0 Å². The van der Waals surface area contributed by atoms with Gasteiger partial charge in [0, 0.05) is 11.8 Å². The Hall–Kier alpha value is -1.27. The van der Waals surface area contributed by atoms with Gasteiger partial charge in [-0.05, 0) is 87.2 Å². The zero-order valence-electron chi connectivity index (χ0n) is 16.8. The minimum absolute atomic E-state index is 0.224. The Morgan fingerprint density at radius 2 is 1.96 bits per heavy atom. The van der Waals surface area contributed by atoms with Gasteiger partial charge in [-0.15, -0.1) is 0 Å². The highest BCUT2D eigenvalue weighted by atomic mass is 16.5. The van der Waals surface area contributed by atoms with Gasteiger partial charge in [-0.2, -0.15) is 5.26 Å². The summed E-state index contributed by atoms with van der Waals surface area (Å²) in [6, 6.07) is 2.29. The van der Waals surface area contributed by atoms with Crippen molar-refractivity contribution < 1.29 is 9.84 Å². The van der Waals surface area contributed by atoms with Crippen LogP contribution in [0.15, 0.2) is 23.0 Å². The van der Waals surface area contributed by atoms with Crippen LogP contribution in [0.3, 0.4) is 0 Å². The fourth-order valence-electron chi connectivity index (χ4n) is 7.24. The Morgan fingerprint density at radius 3 is 2.65 bits per heavy atom. The largest absolute Gasteiger partial charge is 0.498 e. The van der Waals surface area contributed by atoms with E-state index >= 15 is 0 Å². The van der Waals surface area contributed by atoms with E-state index in [1.807, 2.05) is 0 Å². The smallest absolute Gasteiger partial charge is 0.156 e. The summed E-state index contributed by atoms with van der Waals surface area (Å²) in [6.07, 6.45) is 9.42. The summed E-state index contributed by atoms with van der Waals surface area (Å²) >= 11 is 0. The molecule has 0 aromatic carbocycles. The monoisotopic (exact) mass is 355 g/mol. The molecule has 0 radical (unpaired) electrons. The maximum Gasteiger partial charge on any atom is 0.156 e. The molecule has 0 spiro atoms. The molecule has 3 nitrogen and oxygen atoms in total. The van der Waals surface area contributed by atoms with Gasteiger partial charge >= 0.3 is 0 Å². The number of rotatable bonds is 2. The number of ether oxygens (including phenoxy) is 1. The molecule has 6 atom stereocenters. The first-order valence-electron chi connectivity index (χ1n) is 10.5. The van der Waals surface area contributed by atoms with Crippen molar-refractivity contribution in [1.29, 1.82) is 5.26 Å². The average Bonchev–Trinajstić information content (AvgIpc) is 2.89. The molecule has 2 saturated carbocycles. The van der Waals surface area contributed by atoms with Crippen molar-refractivity contribution >= 4 is 0 Å². The van der Waals surface area contributed by atoms with E-state index in [1.54, 1.807) is 0 Å². The number of hydrogen-bond acceptors (Lipinski definition) is 3. The lowest BCUT2D eigenvalue weighted by Crippen LogP contribution is -2.54. The predicted octanol–water partition coefficient (Wildman–Crippen LogP) is 5.12. The van der Waals surface area contributed by atoms with E-state index < -0.39 is 5.60 Å². The summed E-state index contributed by atoms with van der Waals surface area (Å²) in [6.45, 7) is 9.76. The van der Waals surface area contributed by atoms with Crippen LogP contribution in [0.1, 0.15) is 72.6 Å². The third-order valence-electron chi connectivity index (χ3n) is 8.73. The number of nitriles is 1. The highest BCUT2D eigenvalue weighted by Crippen LogP contribution is 2.67. The van der Waals surface area contributed by atoms with Gasteiger partial charge in [0.1, 0.15) is 0 Å². The van der Waals surface area contributed by atoms with Crippen molar-refractivity contribution in [3.8, 4) is 6.07 Å². The van der Waals surface area contributed by atoms with Gasteiger partial charge in [0.05, 0.1) is 18.4 Å². The van der Waals surface area contributed by atoms with Gasteiger partial charge in [-0.3, -0.25) is 0 Å². The van der Waals surface area contributed by atoms with Crippen LogP contribution < -0.4 is 0 Å². The van der Waals surface area contributed by atoms with Crippen LogP contribution in [0, 0.1) is 39.9 Å². The lowest BCUT2D eigenvalue weighted by molar-refractivity contribution is -0.0944. The van der Waals surface area contributed by atoms with Crippen LogP contribution in [0.5, 0.6) is 0 Å². The maximum atomic E-state index is 11.0. The molecule has 2 fully saturated rings. The lowest BCUT2D eigenvalue weighted by Gasteiger charge is -2.58. The average molecular weight is 356 g/mol. The van der Waals surface area contributed by atoms with Crippen molar-refractivity contribution in [3.05, 3.63) is 23.0 Å². The van der Waals surface area contributed by atoms with Crippen molar-refractivity contribution in [2.75, 3.05) is 6.61 Å². The van der Waals surface area contributed by atoms with Gasteiger partial charge in [0.25, 0.3) is 0 Å². The Morgan fingerprint density at radius 1 is 1.23 bits per heavy atom. The van der Waals surface area contributed by atoms with Gasteiger partial charge < -0.3 is 9.84 Å². The van der Waals surface area contributed by atoms with E-state index in [0.29, 0.717) is 24.2 Å². The Bertz CT molecular complexity index is 716. The van der Waals surface area contributed by atoms with Gasteiger partial charge in [-0.25, -0.2) is 0 Å². The van der Waals surface area contributed by atoms with E-state index in [9.17, 15) is 10.4 Å². The second-order valence-electron chi connectivity index (χ2n) is 9.70. The highest BCUT2D eigenvalue weighted by molar-refractivity contribution is 5.40. The quantitative estimate of drug-likeness (QED) is 0.699. The second kappa shape index (κ2) is 5.86. The molecule has 0 aliphatic heterocycles. The maximum absolute atomic E-state index is 11.0. The Kier molecular flexibility index (Phi) is 4.08. The van der Waals surface area contributed by atoms with Crippen molar-refractivity contribution in [2.45, 2.75) is 78.2 Å². The Labute approximate surface area is 158 Å². The molecule has 0 heterocycles. The normalized spacial score (nSPS) is 47.4. The SMILES string of the molecule is CCOC1=CC2=C(C)C[C@@H]3C(CC[C@@]4(C)C3CC[C@]4(O)C#N)[C@@]2(C)CC1. The topological polar surface area (TPSA) is 53.2 Å². The zero-order chi connectivity index (χ0) is 18.7. The third kappa shape index (κ3) is 2.21. The summed E-state index contributed by atoms with van der Waals surface area (Å²) < 4.78 is 5.85. The van der Waals surface area contributed by atoms with Crippen LogP contribution in [0.4, 0.5) is 0 Å². The fraction of sp³-hybridized carbons (Fsp3) is 0.783. The van der Waals surface area contributed by atoms with Gasteiger partial charge in [-0.1, -0.05) is 19.4 Å². The van der Waals surface area contributed by atoms with E-state index in [-0.39, 0.29) is 10.8 Å². The number of hydrogen-bond donors (Lipinski definition) is 1. The standard InChI is InChI=1S/C23H33NO2/c1-5-26-16-6-9-21(3)18-7-10-22(4)19(8-11-23(22,25)14-24)17(18)12-15(2)20(21)13-16/h13,17-19,25H,5-12H2,1-4H3/t17-,18?,19?,21-,22+,23+/m1/s1. The van der Waals surface area contributed by atoms with Gasteiger partial charge in [0.15, 0.2) is 5.60 Å². The number of aliphatic hydroxyl groups is 1. The predicted molar refractivity (Wildman–Crippen MR) is 102 cm³/mol. The van der Waals surface area contributed by atoms with E-state index in [0.717, 1.165) is 44.5 Å². The first-order valence-corrected chi connectivity index (χ1v) is 10.5. The summed E-state index contributed by atoms with van der Waals surface area (Å²) in [7, 11) is 0. The van der Waals surface area contributed by atoms with Crippen molar-refractivity contribution in [1.82, 2.24) is 0 Å². The van der Waals surface area contributed by atoms with Crippen LogP contribution >= 0.6 is 0 Å².